The number of carboxylic acids is 1. The summed E-state index contributed by atoms with van der Waals surface area (Å²) >= 11 is 0. The lowest BCUT2D eigenvalue weighted by Crippen LogP contribution is -2.29. The molecule has 0 fully saturated rings. The SMILES string of the molecule is CCCCn1nc(C(=O)N/N=C/c2ccc(C(=O)O)cc2)c2ccccc2c1=O. The number of fused-ring (bicyclic) bond motifs is 1. The summed E-state index contributed by atoms with van der Waals surface area (Å²) in [5.74, 6) is -1.55. The van der Waals surface area contributed by atoms with Crippen molar-refractivity contribution in [2.75, 3.05) is 0 Å². The number of aromatic carboxylic acids is 1. The number of nitrogens with zero attached hydrogens (tertiary/aromatic N) is 3. The lowest BCUT2D eigenvalue weighted by atomic mass is 10.1. The number of unbranched alkanes of at least 4 members (excludes halogenated alkanes) is 1. The Balaban J connectivity index is 1.85. The minimum atomic E-state index is -1.02. The number of rotatable bonds is 7. The highest BCUT2D eigenvalue weighted by Crippen LogP contribution is 2.13. The molecular weight excluding hydrogens is 372 g/mol. The van der Waals surface area contributed by atoms with Gasteiger partial charge >= 0.3 is 5.97 Å². The number of benzene rings is 2. The number of hydrogen-bond donors (Lipinski definition) is 2. The largest absolute Gasteiger partial charge is 0.478 e. The Hall–Kier alpha value is -3.81. The summed E-state index contributed by atoms with van der Waals surface area (Å²) in [6.45, 7) is 2.44. The predicted molar refractivity (Wildman–Crippen MR) is 109 cm³/mol. The first-order valence-corrected chi connectivity index (χ1v) is 9.18. The van der Waals surface area contributed by atoms with Crippen molar-refractivity contribution in [2.45, 2.75) is 26.3 Å². The molecule has 0 saturated heterocycles. The molecule has 0 bridgehead atoms. The molecule has 0 aliphatic rings. The molecule has 3 rings (SSSR count). The van der Waals surface area contributed by atoms with Gasteiger partial charge in [-0.15, -0.1) is 0 Å². The summed E-state index contributed by atoms with van der Waals surface area (Å²) in [5, 5.41) is 18.0. The first-order chi connectivity index (χ1) is 14.0. The van der Waals surface area contributed by atoms with Crippen LogP contribution in [0.2, 0.25) is 0 Å². The number of amides is 1. The van der Waals surface area contributed by atoms with Gasteiger partial charge in [0, 0.05) is 11.9 Å². The van der Waals surface area contributed by atoms with Gasteiger partial charge in [-0.3, -0.25) is 9.59 Å². The van der Waals surface area contributed by atoms with E-state index in [4.69, 9.17) is 5.11 Å². The van der Waals surface area contributed by atoms with Crippen LogP contribution in [0, 0.1) is 0 Å². The standard InChI is InChI=1S/C21H20N4O4/c1-2-3-12-25-20(27)17-7-5-4-6-16(17)18(24-25)19(26)23-22-13-14-8-10-15(11-9-14)21(28)29/h4-11,13H,2-3,12H2,1H3,(H,23,26)(H,28,29)/b22-13+. The van der Waals surface area contributed by atoms with Gasteiger partial charge in [0.15, 0.2) is 5.69 Å². The third-order valence-electron chi connectivity index (χ3n) is 4.34. The van der Waals surface area contributed by atoms with E-state index in [-0.39, 0.29) is 16.8 Å². The summed E-state index contributed by atoms with van der Waals surface area (Å²) in [4.78, 5) is 36.1. The van der Waals surface area contributed by atoms with Crippen molar-refractivity contribution < 1.29 is 14.7 Å². The highest BCUT2D eigenvalue weighted by atomic mass is 16.4. The van der Waals surface area contributed by atoms with Crippen LogP contribution in [-0.2, 0) is 6.54 Å². The lowest BCUT2D eigenvalue weighted by Gasteiger charge is -2.09. The van der Waals surface area contributed by atoms with Crippen molar-refractivity contribution in [1.29, 1.82) is 0 Å². The molecule has 0 radical (unpaired) electrons. The van der Waals surface area contributed by atoms with Gasteiger partial charge < -0.3 is 5.11 Å². The fraction of sp³-hybridized carbons (Fsp3) is 0.190. The molecule has 3 aromatic rings. The molecule has 0 saturated carbocycles. The van der Waals surface area contributed by atoms with Crippen molar-refractivity contribution in [3.05, 3.63) is 75.7 Å². The summed E-state index contributed by atoms with van der Waals surface area (Å²) in [6, 6.07) is 12.9. The molecule has 0 atom stereocenters. The smallest absolute Gasteiger partial charge is 0.335 e. The Kier molecular flexibility index (Phi) is 6.13. The maximum Gasteiger partial charge on any atom is 0.335 e. The third kappa shape index (κ3) is 4.55. The molecule has 0 aliphatic carbocycles. The molecule has 0 spiro atoms. The number of nitrogens with one attached hydrogen (secondary N) is 1. The van der Waals surface area contributed by atoms with Crippen molar-refractivity contribution >= 4 is 28.9 Å². The van der Waals surface area contributed by atoms with Gasteiger partial charge in [0.25, 0.3) is 11.5 Å². The first kappa shape index (κ1) is 19.9. The van der Waals surface area contributed by atoms with Crippen LogP contribution in [0.3, 0.4) is 0 Å². The van der Waals surface area contributed by atoms with E-state index >= 15 is 0 Å². The molecule has 1 heterocycles. The van der Waals surface area contributed by atoms with Crippen LogP contribution < -0.4 is 11.0 Å². The van der Waals surface area contributed by atoms with E-state index in [0.717, 1.165) is 12.8 Å². The molecule has 1 amide bonds. The highest BCUT2D eigenvalue weighted by Gasteiger charge is 2.16. The maximum atomic E-state index is 12.6. The Morgan fingerprint density at radius 1 is 1.14 bits per heavy atom. The Bertz CT molecular complexity index is 1130. The van der Waals surface area contributed by atoms with Crippen molar-refractivity contribution in [3.8, 4) is 0 Å². The monoisotopic (exact) mass is 392 g/mol. The maximum absolute atomic E-state index is 12.6. The molecule has 2 aromatic carbocycles. The highest BCUT2D eigenvalue weighted by molar-refractivity contribution is 6.05. The third-order valence-corrected chi connectivity index (χ3v) is 4.34. The van der Waals surface area contributed by atoms with Crippen LogP contribution >= 0.6 is 0 Å². The van der Waals surface area contributed by atoms with Gasteiger partial charge in [0.2, 0.25) is 0 Å². The Morgan fingerprint density at radius 3 is 2.48 bits per heavy atom. The number of hydrogen-bond acceptors (Lipinski definition) is 5. The van der Waals surface area contributed by atoms with Gasteiger partial charge in [-0.05, 0) is 30.2 Å². The molecule has 2 N–H and O–H groups in total. The summed E-state index contributed by atoms with van der Waals surface area (Å²) in [6.07, 6.45) is 3.07. The normalized spacial score (nSPS) is 11.1. The second kappa shape index (κ2) is 8.92. The van der Waals surface area contributed by atoms with E-state index in [2.05, 4.69) is 15.6 Å². The van der Waals surface area contributed by atoms with Gasteiger partial charge in [-0.25, -0.2) is 14.9 Å². The van der Waals surface area contributed by atoms with Crippen LogP contribution in [0.1, 0.15) is 46.2 Å². The second-order valence-corrected chi connectivity index (χ2v) is 6.40. The molecule has 29 heavy (non-hydrogen) atoms. The molecule has 8 nitrogen and oxygen atoms in total. The van der Waals surface area contributed by atoms with Gasteiger partial charge in [-0.1, -0.05) is 43.7 Å². The number of hydrazone groups is 1. The van der Waals surface area contributed by atoms with E-state index in [1.165, 1.54) is 23.0 Å². The summed E-state index contributed by atoms with van der Waals surface area (Å²) < 4.78 is 1.31. The Labute approximate surface area is 166 Å². The number of carbonyl (C=O) groups excluding carboxylic acids is 1. The van der Waals surface area contributed by atoms with E-state index in [0.29, 0.717) is 22.9 Å². The number of carbonyl (C=O) groups is 2. The zero-order chi connectivity index (χ0) is 20.8. The first-order valence-electron chi connectivity index (χ1n) is 9.18. The van der Waals surface area contributed by atoms with Crippen molar-refractivity contribution in [3.63, 3.8) is 0 Å². The Morgan fingerprint density at radius 2 is 1.83 bits per heavy atom. The summed E-state index contributed by atoms with van der Waals surface area (Å²) in [7, 11) is 0. The zero-order valence-corrected chi connectivity index (χ0v) is 15.8. The van der Waals surface area contributed by atoms with Crippen LogP contribution in [-0.4, -0.2) is 33.0 Å². The quantitative estimate of drug-likeness (QED) is 0.474. The predicted octanol–water partition coefficient (Wildman–Crippen LogP) is 2.66. The fourth-order valence-electron chi connectivity index (χ4n) is 2.79. The molecule has 0 unspecified atom stereocenters. The van der Waals surface area contributed by atoms with Crippen LogP contribution in [0.4, 0.5) is 0 Å². The average molecular weight is 392 g/mol. The van der Waals surface area contributed by atoms with E-state index in [9.17, 15) is 14.4 Å². The topological polar surface area (TPSA) is 114 Å². The molecule has 0 aliphatic heterocycles. The molecule has 148 valence electrons. The fourth-order valence-corrected chi connectivity index (χ4v) is 2.79. The zero-order valence-electron chi connectivity index (χ0n) is 15.8. The van der Waals surface area contributed by atoms with Gasteiger partial charge in [-0.2, -0.15) is 10.2 Å². The van der Waals surface area contributed by atoms with E-state index in [1.54, 1.807) is 36.4 Å². The average Bonchev–Trinajstić information content (AvgIpc) is 2.73. The van der Waals surface area contributed by atoms with Crippen LogP contribution in [0.25, 0.3) is 10.8 Å². The minimum absolute atomic E-state index is 0.120. The number of aryl methyl sites for hydroxylation is 1. The summed E-state index contributed by atoms with van der Waals surface area (Å²) in [5.41, 5.74) is 3.10. The van der Waals surface area contributed by atoms with E-state index < -0.39 is 11.9 Å². The molecule has 1 aromatic heterocycles. The van der Waals surface area contributed by atoms with E-state index in [1.807, 2.05) is 6.92 Å². The van der Waals surface area contributed by atoms with Crippen LogP contribution in [0.15, 0.2) is 58.4 Å². The number of aromatic nitrogens is 2. The second-order valence-electron chi connectivity index (χ2n) is 6.40. The number of carboxylic acid groups (broad SMARTS) is 1. The lowest BCUT2D eigenvalue weighted by molar-refractivity contribution is 0.0696. The molecular formula is C21H20N4O4. The van der Waals surface area contributed by atoms with Crippen molar-refractivity contribution in [1.82, 2.24) is 15.2 Å². The van der Waals surface area contributed by atoms with Gasteiger partial charge in [0.1, 0.15) is 0 Å². The molecule has 8 heteroatoms. The van der Waals surface area contributed by atoms with Crippen molar-refractivity contribution in [2.24, 2.45) is 5.10 Å². The van der Waals surface area contributed by atoms with Gasteiger partial charge in [0.05, 0.1) is 17.2 Å². The van der Waals surface area contributed by atoms with Crippen LogP contribution in [0.5, 0.6) is 0 Å². The minimum Gasteiger partial charge on any atom is -0.478 e.